The van der Waals surface area contributed by atoms with Crippen LogP contribution in [0.3, 0.4) is 0 Å². The standard InChI is InChI=1S/C13H20N2O/c1-10(16)6-7-15-9-12(14)8-11-4-2-3-5-13(11)15/h2-5,10,12,16H,6-9,14H2,1H3. The largest absolute Gasteiger partial charge is 0.393 e. The second-order valence-corrected chi connectivity index (χ2v) is 4.68. The van der Waals surface area contributed by atoms with Crippen LogP contribution >= 0.6 is 0 Å². The van der Waals surface area contributed by atoms with Crippen LogP contribution in [0.4, 0.5) is 5.69 Å². The van der Waals surface area contributed by atoms with Gasteiger partial charge in [-0.3, -0.25) is 0 Å². The van der Waals surface area contributed by atoms with E-state index in [0.717, 1.165) is 25.9 Å². The Balaban J connectivity index is 2.13. The van der Waals surface area contributed by atoms with Crippen molar-refractivity contribution in [3.63, 3.8) is 0 Å². The maximum Gasteiger partial charge on any atom is 0.0528 e. The first-order chi connectivity index (χ1) is 7.66. The van der Waals surface area contributed by atoms with Crippen LogP contribution in [-0.4, -0.2) is 30.3 Å². The fourth-order valence-corrected chi connectivity index (χ4v) is 2.27. The van der Waals surface area contributed by atoms with Crippen molar-refractivity contribution in [2.75, 3.05) is 18.0 Å². The first-order valence-electron chi connectivity index (χ1n) is 5.93. The van der Waals surface area contributed by atoms with Crippen LogP contribution < -0.4 is 10.6 Å². The summed E-state index contributed by atoms with van der Waals surface area (Å²) >= 11 is 0. The highest BCUT2D eigenvalue weighted by atomic mass is 16.3. The molecule has 16 heavy (non-hydrogen) atoms. The third kappa shape index (κ3) is 2.54. The van der Waals surface area contributed by atoms with Crippen LogP contribution in [0.2, 0.25) is 0 Å². The molecule has 88 valence electrons. The smallest absolute Gasteiger partial charge is 0.0528 e. The zero-order chi connectivity index (χ0) is 11.5. The van der Waals surface area contributed by atoms with Crippen molar-refractivity contribution < 1.29 is 5.11 Å². The predicted molar refractivity (Wildman–Crippen MR) is 66.6 cm³/mol. The molecule has 2 atom stereocenters. The van der Waals surface area contributed by atoms with E-state index in [1.54, 1.807) is 0 Å². The first-order valence-corrected chi connectivity index (χ1v) is 5.93. The molecule has 2 rings (SSSR count). The molecule has 1 aromatic carbocycles. The van der Waals surface area contributed by atoms with Gasteiger partial charge in [-0.15, -0.1) is 0 Å². The van der Waals surface area contributed by atoms with Crippen LogP contribution in [0.25, 0.3) is 0 Å². The average molecular weight is 220 g/mol. The van der Waals surface area contributed by atoms with Crippen molar-refractivity contribution in [1.29, 1.82) is 0 Å². The van der Waals surface area contributed by atoms with Gasteiger partial charge in [0.05, 0.1) is 6.10 Å². The van der Waals surface area contributed by atoms with Crippen molar-refractivity contribution in [3.05, 3.63) is 29.8 Å². The van der Waals surface area contributed by atoms with Gasteiger partial charge in [-0.1, -0.05) is 18.2 Å². The molecule has 0 radical (unpaired) electrons. The molecule has 3 nitrogen and oxygen atoms in total. The Morgan fingerprint density at radius 3 is 3.00 bits per heavy atom. The maximum atomic E-state index is 9.34. The minimum atomic E-state index is -0.245. The Morgan fingerprint density at radius 1 is 1.50 bits per heavy atom. The quantitative estimate of drug-likeness (QED) is 0.803. The number of hydrogen-bond acceptors (Lipinski definition) is 3. The summed E-state index contributed by atoms with van der Waals surface area (Å²) in [5.41, 5.74) is 8.65. The Hall–Kier alpha value is -1.06. The van der Waals surface area contributed by atoms with Gasteiger partial charge in [0.15, 0.2) is 0 Å². The van der Waals surface area contributed by atoms with Crippen molar-refractivity contribution in [2.45, 2.75) is 31.9 Å². The van der Waals surface area contributed by atoms with E-state index in [0.29, 0.717) is 0 Å². The summed E-state index contributed by atoms with van der Waals surface area (Å²) < 4.78 is 0. The van der Waals surface area contributed by atoms with Crippen molar-refractivity contribution in [1.82, 2.24) is 0 Å². The van der Waals surface area contributed by atoms with Gasteiger partial charge in [-0.25, -0.2) is 0 Å². The Labute approximate surface area is 96.9 Å². The van der Waals surface area contributed by atoms with Crippen LogP contribution in [0.5, 0.6) is 0 Å². The summed E-state index contributed by atoms with van der Waals surface area (Å²) in [6.45, 7) is 3.60. The van der Waals surface area contributed by atoms with E-state index in [9.17, 15) is 5.11 Å². The van der Waals surface area contributed by atoms with E-state index in [-0.39, 0.29) is 12.1 Å². The number of nitrogens with two attached hydrogens (primary N) is 1. The Bertz CT molecular complexity index is 352. The molecule has 0 saturated carbocycles. The van der Waals surface area contributed by atoms with Gasteiger partial charge in [-0.05, 0) is 31.4 Å². The van der Waals surface area contributed by atoms with Gasteiger partial charge in [0, 0.05) is 24.8 Å². The minimum absolute atomic E-state index is 0.212. The molecule has 0 saturated heterocycles. The fraction of sp³-hybridized carbons (Fsp3) is 0.538. The lowest BCUT2D eigenvalue weighted by Gasteiger charge is -2.35. The summed E-state index contributed by atoms with van der Waals surface area (Å²) in [6.07, 6.45) is 1.51. The molecule has 0 aromatic heterocycles. The van der Waals surface area contributed by atoms with E-state index in [1.165, 1.54) is 11.3 Å². The third-order valence-electron chi connectivity index (χ3n) is 3.09. The number of aliphatic hydroxyl groups is 1. The van der Waals surface area contributed by atoms with Crippen molar-refractivity contribution >= 4 is 5.69 Å². The molecule has 2 unspecified atom stereocenters. The lowest BCUT2D eigenvalue weighted by atomic mass is 9.98. The molecule has 1 aliphatic heterocycles. The highest BCUT2D eigenvalue weighted by Crippen LogP contribution is 2.26. The number of para-hydroxylation sites is 1. The van der Waals surface area contributed by atoms with E-state index in [2.05, 4.69) is 29.2 Å². The lowest BCUT2D eigenvalue weighted by Crippen LogP contribution is -2.44. The van der Waals surface area contributed by atoms with Crippen molar-refractivity contribution in [2.24, 2.45) is 5.73 Å². The highest BCUT2D eigenvalue weighted by Gasteiger charge is 2.21. The van der Waals surface area contributed by atoms with Gasteiger partial charge in [0.1, 0.15) is 0 Å². The molecule has 0 spiro atoms. The van der Waals surface area contributed by atoms with E-state index >= 15 is 0 Å². The summed E-state index contributed by atoms with van der Waals surface area (Å²) in [5.74, 6) is 0. The highest BCUT2D eigenvalue weighted by molar-refractivity contribution is 5.56. The summed E-state index contributed by atoms with van der Waals surface area (Å²) in [6, 6.07) is 8.62. The molecular weight excluding hydrogens is 200 g/mol. The average Bonchev–Trinajstić information content (AvgIpc) is 2.25. The number of nitrogens with zero attached hydrogens (tertiary/aromatic N) is 1. The normalized spacial score (nSPS) is 21.7. The molecule has 0 bridgehead atoms. The maximum absolute atomic E-state index is 9.34. The minimum Gasteiger partial charge on any atom is -0.393 e. The van der Waals surface area contributed by atoms with E-state index < -0.39 is 0 Å². The van der Waals surface area contributed by atoms with Gasteiger partial charge in [0.2, 0.25) is 0 Å². The Kier molecular flexibility index (Phi) is 3.46. The number of hydrogen-bond donors (Lipinski definition) is 2. The Morgan fingerprint density at radius 2 is 2.25 bits per heavy atom. The fourth-order valence-electron chi connectivity index (χ4n) is 2.27. The number of aliphatic hydroxyl groups excluding tert-OH is 1. The molecule has 1 aromatic rings. The number of anilines is 1. The third-order valence-corrected chi connectivity index (χ3v) is 3.09. The second kappa shape index (κ2) is 4.85. The molecule has 1 aliphatic rings. The van der Waals surface area contributed by atoms with Crippen LogP contribution in [-0.2, 0) is 6.42 Å². The first kappa shape index (κ1) is 11.4. The van der Waals surface area contributed by atoms with Gasteiger partial charge < -0.3 is 15.7 Å². The monoisotopic (exact) mass is 220 g/mol. The van der Waals surface area contributed by atoms with Crippen LogP contribution in [0.1, 0.15) is 18.9 Å². The summed E-state index contributed by atoms with van der Waals surface area (Å²) in [4.78, 5) is 2.29. The molecule has 0 aliphatic carbocycles. The van der Waals surface area contributed by atoms with Gasteiger partial charge in [0.25, 0.3) is 0 Å². The topological polar surface area (TPSA) is 49.5 Å². The molecular formula is C13H20N2O. The number of benzene rings is 1. The molecule has 1 heterocycles. The van der Waals surface area contributed by atoms with Crippen LogP contribution in [0, 0.1) is 0 Å². The molecule has 0 amide bonds. The zero-order valence-corrected chi connectivity index (χ0v) is 9.76. The van der Waals surface area contributed by atoms with E-state index in [4.69, 9.17) is 5.73 Å². The molecule has 3 heteroatoms. The predicted octanol–water partition coefficient (Wildman–Crippen LogP) is 1.15. The van der Waals surface area contributed by atoms with Crippen molar-refractivity contribution in [3.8, 4) is 0 Å². The van der Waals surface area contributed by atoms with Gasteiger partial charge in [-0.2, -0.15) is 0 Å². The summed E-state index contributed by atoms with van der Waals surface area (Å²) in [5, 5.41) is 9.34. The number of rotatable bonds is 3. The lowest BCUT2D eigenvalue weighted by molar-refractivity contribution is 0.186. The number of fused-ring (bicyclic) bond motifs is 1. The summed E-state index contributed by atoms with van der Waals surface area (Å²) in [7, 11) is 0. The molecule has 3 N–H and O–H groups in total. The van der Waals surface area contributed by atoms with Gasteiger partial charge >= 0.3 is 0 Å². The zero-order valence-electron chi connectivity index (χ0n) is 9.76. The molecule has 0 fully saturated rings. The van der Waals surface area contributed by atoms with E-state index in [1.807, 2.05) is 6.92 Å². The van der Waals surface area contributed by atoms with Crippen LogP contribution in [0.15, 0.2) is 24.3 Å². The second-order valence-electron chi connectivity index (χ2n) is 4.68. The SMILES string of the molecule is CC(O)CCN1CC(N)Cc2ccccc21.